The van der Waals surface area contributed by atoms with E-state index in [4.69, 9.17) is 14.3 Å². The molecule has 0 atom stereocenters. The van der Waals surface area contributed by atoms with E-state index in [-0.39, 0.29) is 4.90 Å². The molecule has 3 rings (SSSR count). The van der Waals surface area contributed by atoms with Crippen molar-refractivity contribution in [2.45, 2.75) is 18.2 Å². The minimum absolute atomic E-state index is 0.0265. The normalized spacial score (nSPS) is 11.4. The van der Waals surface area contributed by atoms with Gasteiger partial charge in [-0.25, -0.2) is 13.6 Å². The highest BCUT2D eigenvalue weighted by Crippen LogP contribution is 2.26. The number of primary sulfonamides is 1. The number of hydrogen-bond donors (Lipinski definition) is 1. The summed E-state index contributed by atoms with van der Waals surface area (Å²) in [5, 5.41) is 13.1. The summed E-state index contributed by atoms with van der Waals surface area (Å²) in [6.07, 6.45) is 0.943. The molecular formula is C17H17N3O4S. The van der Waals surface area contributed by atoms with Crippen molar-refractivity contribution in [2.75, 3.05) is 6.61 Å². The maximum Gasteiger partial charge on any atom is 0.248 e. The van der Waals surface area contributed by atoms with Gasteiger partial charge in [0, 0.05) is 11.1 Å². The molecule has 0 aliphatic rings. The Morgan fingerprint density at radius 2 is 1.48 bits per heavy atom. The molecule has 1 heterocycles. The maximum atomic E-state index is 11.3. The van der Waals surface area contributed by atoms with Gasteiger partial charge in [0.05, 0.1) is 11.5 Å². The quantitative estimate of drug-likeness (QED) is 0.725. The molecule has 0 aliphatic heterocycles. The molecule has 0 spiro atoms. The Labute approximate surface area is 145 Å². The number of sulfonamides is 1. The number of nitrogens with zero attached hydrogens (tertiary/aromatic N) is 2. The van der Waals surface area contributed by atoms with Gasteiger partial charge in [-0.15, -0.1) is 10.2 Å². The lowest BCUT2D eigenvalue weighted by atomic mass is 10.2. The van der Waals surface area contributed by atoms with Crippen LogP contribution in [-0.4, -0.2) is 25.2 Å². The molecular weight excluding hydrogens is 342 g/mol. The van der Waals surface area contributed by atoms with Crippen molar-refractivity contribution in [3.8, 4) is 28.7 Å². The summed E-state index contributed by atoms with van der Waals surface area (Å²) >= 11 is 0. The Hall–Kier alpha value is -2.71. The Balaban J connectivity index is 1.80. The molecule has 0 amide bonds. The number of ether oxygens (including phenoxy) is 1. The van der Waals surface area contributed by atoms with Gasteiger partial charge in [-0.05, 0) is 55.0 Å². The zero-order valence-electron chi connectivity index (χ0n) is 13.5. The molecule has 0 bridgehead atoms. The first-order valence-electron chi connectivity index (χ1n) is 7.67. The Bertz CT molecular complexity index is 948. The van der Waals surface area contributed by atoms with Gasteiger partial charge < -0.3 is 9.15 Å². The summed E-state index contributed by atoms with van der Waals surface area (Å²) < 4.78 is 33.8. The fourth-order valence-electron chi connectivity index (χ4n) is 2.16. The number of benzene rings is 2. The standard InChI is InChI=1S/C17H17N3O4S/c1-2-11-23-14-7-3-12(4-8-14)16-19-20-17(24-16)13-5-9-15(10-6-13)25(18,21)22/h3-10H,2,11H2,1H3,(H2,18,21,22). The third kappa shape index (κ3) is 4.04. The van der Waals surface area contributed by atoms with Gasteiger partial charge in [-0.2, -0.15) is 0 Å². The Morgan fingerprint density at radius 1 is 0.960 bits per heavy atom. The van der Waals surface area contributed by atoms with Gasteiger partial charge in [-0.3, -0.25) is 0 Å². The fraction of sp³-hybridized carbons (Fsp3) is 0.176. The summed E-state index contributed by atoms with van der Waals surface area (Å²) in [6.45, 7) is 2.71. The summed E-state index contributed by atoms with van der Waals surface area (Å²) in [5.41, 5.74) is 1.37. The smallest absolute Gasteiger partial charge is 0.248 e. The average Bonchev–Trinajstić information content (AvgIpc) is 3.10. The number of hydrogen-bond acceptors (Lipinski definition) is 6. The van der Waals surface area contributed by atoms with Gasteiger partial charge >= 0.3 is 0 Å². The fourth-order valence-corrected chi connectivity index (χ4v) is 2.67. The van der Waals surface area contributed by atoms with Gasteiger partial charge in [0.15, 0.2) is 0 Å². The topological polar surface area (TPSA) is 108 Å². The molecule has 0 unspecified atom stereocenters. The van der Waals surface area contributed by atoms with E-state index in [0.29, 0.717) is 24.0 Å². The first-order valence-corrected chi connectivity index (χ1v) is 9.22. The van der Waals surface area contributed by atoms with E-state index in [1.54, 1.807) is 12.1 Å². The molecule has 0 fully saturated rings. The molecule has 0 aliphatic carbocycles. The lowest BCUT2D eigenvalue weighted by Crippen LogP contribution is -2.11. The monoisotopic (exact) mass is 359 g/mol. The molecule has 2 N–H and O–H groups in total. The molecule has 130 valence electrons. The molecule has 25 heavy (non-hydrogen) atoms. The first-order chi connectivity index (χ1) is 12.0. The summed E-state index contributed by atoms with van der Waals surface area (Å²) in [6, 6.07) is 13.3. The van der Waals surface area contributed by atoms with Crippen LogP contribution in [0.1, 0.15) is 13.3 Å². The molecule has 7 nitrogen and oxygen atoms in total. The van der Waals surface area contributed by atoms with Crippen LogP contribution in [0.3, 0.4) is 0 Å². The second-order valence-corrected chi connectivity index (χ2v) is 6.92. The molecule has 0 saturated heterocycles. The van der Waals surface area contributed by atoms with E-state index in [1.807, 2.05) is 31.2 Å². The van der Waals surface area contributed by atoms with E-state index >= 15 is 0 Å². The van der Waals surface area contributed by atoms with Crippen molar-refractivity contribution < 1.29 is 17.6 Å². The predicted molar refractivity (Wildman–Crippen MR) is 92.3 cm³/mol. The maximum absolute atomic E-state index is 11.3. The summed E-state index contributed by atoms with van der Waals surface area (Å²) in [7, 11) is -3.73. The van der Waals surface area contributed by atoms with Crippen LogP contribution in [0.25, 0.3) is 22.9 Å². The van der Waals surface area contributed by atoms with Gasteiger partial charge in [0.1, 0.15) is 5.75 Å². The van der Waals surface area contributed by atoms with Crippen LogP contribution < -0.4 is 9.88 Å². The minimum Gasteiger partial charge on any atom is -0.494 e. The number of rotatable bonds is 6. The van der Waals surface area contributed by atoms with Crippen LogP contribution in [0.4, 0.5) is 0 Å². The highest BCUT2D eigenvalue weighted by atomic mass is 32.2. The lowest BCUT2D eigenvalue weighted by Gasteiger charge is -2.04. The van der Waals surface area contributed by atoms with Crippen molar-refractivity contribution in [3.63, 3.8) is 0 Å². The third-order valence-electron chi connectivity index (χ3n) is 3.43. The SMILES string of the molecule is CCCOc1ccc(-c2nnc(-c3ccc(S(N)(=O)=O)cc3)o2)cc1. The van der Waals surface area contributed by atoms with Crippen molar-refractivity contribution in [3.05, 3.63) is 48.5 Å². The lowest BCUT2D eigenvalue weighted by molar-refractivity contribution is 0.317. The van der Waals surface area contributed by atoms with Crippen molar-refractivity contribution in [2.24, 2.45) is 5.14 Å². The zero-order chi connectivity index (χ0) is 17.9. The Kier molecular flexibility index (Phi) is 4.82. The average molecular weight is 359 g/mol. The zero-order valence-corrected chi connectivity index (χ0v) is 14.4. The second-order valence-electron chi connectivity index (χ2n) is 5.35. The number of aromatic nitrogens is 2. The molecule has 2 aromatic carbocycles. The van der Waals surface area contributed by atoms with Crippen molar-refractivity contribution in [1.82, 2.24) is 10.2 Å². The highest BCUT2D eigenvalue weighted by molar-refractivity contribution is 7.89. The van der Waals surface area contributed by atoms with Gasteiger partial charge in [-0.1, -0.05) is 6.92 Å². The van der Waals surface area contributed by atoms with E-state index in [9.17, 15) is 8.42 Å². The van der Waals surface area contributed by atoms with Gasteiger partial charge in [0.2, 0.25) is 21.8 Å². The van der Waals surface area contributed by atoms with Crippen LogP contribution in [0.2, 0.25) is 0 Å². The van der Waals surface area contributed by atoms with Crippen LogP contribution in [0.15, 0.2) is 57.8 Å². The van der Waals surface area contributed by atoms with Crippen LogP contribution in [0, 0.1) is 0 Å². The summed E-state index contributed by atoms with van der Waals surface area (Å²) in [4.78, 5) is 0.0265. The third-order valence-corrected chi connectivity index (χ3v) is 4.36. The van der Waals surface area contributed by atoms with E-state index in [0.717, 1.165) is 17.7 Å². The number of nitrogens with two attached hydrogens (primary N) is 1. The minimum atomic E-state index is -3.73. The molecule has 0 saturated carbocycles. The second kappa shape index (κ2) is 7.04. The molecule has 3 aromatic rings. The largest absolute Gasteiger partial charge is 0.494 e. The van der Waals surface area contributed by atoms with Gasteiger partial charge in [0.25, 0.3) is 0 Å². The van der Waals surface area contributed by atoms with E-state index in [1.165, 1.54) is 12.1 Å². The predicted octanol–water partition coefficient (Wildman–Crippen LogP) is 2.84. The molecule has 8 heteroatoms. The van der Waals surface area contributed by atoms with Crippen LogP contribution in [-0.2, 0) is 10.0 Å². The molecule has 1 aromatic heterocycles. The highest BCUT2D eigenvalue weighted by Gasteiger charge is 2.12. The molecule has 0 radical (unpaired) electrons. The van der Waals surface area contributed by atoms with E-state index in [2.05, 4.69) is 10.2 Å². The van der Waals surface area contributed by atoms with Crippen LogP contribution in [0.5, 0.6) is 5.75 Å². The van der Waals surface area contributed by atoms with Crippen molar-refractivity contribution >= 4 is 10.0 Å². The Morgan fingerprint density at radius 3 is 1.96 bits per heavy atom. The first kappa shape index (κ1) is 17.1. The summed E-state index contributed by atoms with van der Waals surface area (Å²) in [5.74, 6) is 1.44. The van der Waals surface area contributed by atoms with E-state index < -0.39 is 10.0 Å². The van der Waals surface area contributed by atoms with Crippen LogP contribution >= 0.6 is 0 Å². The van der Waals surface area contributed by atoms with Crippen molar-refractivity contribution in [1.29, 1.82) is 0 Å².